The van der Waals surface area contributed by atoms with Crippen LogP contribution in [-0.2, 0) is 27.5 Å². The largest absolute Gasteiger partial charge is 0.507 e. The quantitative estimate of drug-likeness (QED) is 0.120. The number of carbonyl (C=O) groups is 3. The third kappa shape index (κ3) is 5.93. The van der Waals surface area contributed by atoms with Gasteiger partial charge in [0.25, 0.3) is 11.7 Å². The van der Waals surface area contributed by atoms with Gasteiger partial charge in [-0.3, -0.25) is 14.6 Å². The molecule has 1 atom stereocenters. The van der Waals surface area contributed by atoms with E-state index in [-0.39, 0.29) is 24.5 Å². The highest BCUT2D eigenvalue weighted by molar-refractivity contribution is 6.46. The first kappa shape index (κ1) is 28.3. The van der Waals surface area contributed by atoms with Crippen molar-refractivity contribution in [2.24, 2.45) is 0 Å². The summed E-state index contributed by atoms with van der Waals surface area (Å²) in [5, 5.41) is 11.5. The fraction of sp³-hybridized carbons (Fsp3) is 0.176. The van der Waals surface area contributed by atoms with Gasteiger partial charge in [0.1, 0.15) is 24.2 Å². The van der Waals surface area contributed by atoms with Crippen LogP contribution in [0.4, 0.5) is 0 Å². The van der Waals surface area contributed by atoms with Crippen LogP contribution in [0, 0.1) is 6.92 Å². The van der Waals surface area contributed by atoms with E-state index in [1.54, 1.807) is 73.8 Å². The number of aromatic nitrogens is 1. The zero-order valence-corrected chi connectivity index (χ0v) is 23.3. The van der Waals surface area contributed by atoms with E-state index >= 15 is 0 Å². The van der Waals surface area contributed by atoms with Crippen LogP contribution in [-0.4, -0.2) is 39.3 Å². The van der Waals surface area contributed by atoms with Crippen molar-refractivity contribution in [1.82, 2.24) is 9.88 Å². The first-order valence-corrected chi connectivity index (χ1v) is 13.6. The molecule has 0 aliphatic carbocycles. The van der Waals surface area contributed by atoms with E-state index < -0.39 is 23.7 Å². The second-order valence-electron chi connectivity index (χ2n) is 9.85. The number of amides is 1. The molecule has 5 rings (SSSR count). The predicted molar refractivity (Wildman–Crippen MR) is 156 cm³/mol. The highest BCUT2D eigenvalue weighted by Crippen LogP contribution is 2.40. The molecule has 1 saturated heterocycles. The number of ketones is 1. The van der Waals surface area contributed by atoms with Gasteiger partial charge in [-0.1, -0.05) is 48.5 Å². The topological polar surface area (TPSA) is 106 Å². The fourth-order valence-corrected chi connectivity index (χ4v) is 4.90. The van der Waals surface area contributed by atoms with Crippen molar-refractivity contribution in [3.63, 3.8) is 0 Å². The predicted octanol–water partition coefficient (Wildman–Crippen LogP) is 5.77. The zero-order chi connectivity index (χ0) is 29.6. The lowest BCUT2D eigenvalue weighted by Crippen LogP contribution is -2.29. The molecule has 2 heterocycles. The van der Waals surface area contributed by atoms with Crippen molar-refractivity contribution in [3.05, 3.63) is 136 Å². The molecule has 0 bridgehead atoms. The van der Waals surface area contributed by atoms with Crippen molar-refractivity contribution in [2.45, 2.75) is 33.0 Å². The molecule has 0 saturated carbocycles. The number of hydrogen-bond acceptors (Lipinski definition) is 7. The summed E-state index contributed by atoms with van der Waals surface area (Å²) in [4.78, 5) is 44.6. The molecule has 8 nitrogen and oxygen atoms in total. The number of ether oxygens (including phenoxy) is 2. The number of aliphatic hydroxyl groups excluding tert-OH is 1. The molecule has 1 fully saturated rings. The van der Waals surface area contributed by atoms with E-state index in [0.29, 0.717) is 34.7 Å². The van der Waals surface area contributed by atoms with Crippen molar-refractivity contribution < 1.29 is 29.0 Å². The monoisotopic (exact) mass is 562 g/mol. The Morgan fingerprint density at radius 2 is 1.62 bits per heavy atom. The third-order valence-corrected chi connectivity index (χ3v) is 7.01. The molecule has 42 heavy (non-hydrogen) atoms. The molecule has 1 unspecified atom stereocenters. The zero-order valence-electron chi connectivity index (χ0n) is 23.3. The van der Waals surface area contributed by atoms with Crippen LogP contribution in [0.5, 0.6) is 5.75 Å². The van der Waals surface area contributed by atoms with E-state index in [9.17, 15) is 19.5 Å². The first-order chi connectivity index (χ1) is 20.4. The number of esters is 1. The molecule has 8 heteroatoms. The number of pyridine rings is 1. The number of carbonyl (C=O) groups excluding carboxylic acids is 3. The van der Waals surface area contributed by atoms with Crippen LogP contribution in [0.25, 0.3) is 5.76 Å². The molecule has 0 radical (unpaired) electrons. The Labute approximate surface area is 243 Å². The van der Waals surface area contributed by atoms with E-state index in [4.69, 9.17) is 9.47 Å². The van der Waals surface area contributed by atoms with Crippen molar-refractivity contribution in [1.29, 1.82) is 0 Å². The van der Waals surface area contributed by atoms with Gasteiger partial charge in [-0.25, -0.2) is 4.79 Å². The van der Waals surface area contributed by atoms with Crippen LogP contribution in [0.3, 0.4) is 0 Å². The summed E-state index contributed by atoms with van der Waals surface area (Å²) in [7, 11) is 0. The number of Topliss-reactive ketones (excluding diaryl/α,β-unsaturated/α-hetero) is 1. The summed E-state index contributed by atoms with van der Waals surface area (Å²) in [5.74, 6) is -1.63. The Hall–Kier alpha value is -5.24. The Morgan fingerprint density at radius 3 is 2.29 bits per heavy atom. The molecular formula is C34H30N2O6. The Kier molecular flexibility index (Phi) is 8.43. The molecule has 1 aliphatic rings. The highest BCUT2D eigenvalue weighted by atomic mass is 16.5. The molecule has 4 aromatic rings. The average Bonchev–Trinajstić information content (AvgIpc) is 3.26. The van der Waals surface area contributed by atoms with Crippen LogP contribution in [0.15, 0.2) is 103 Å². The van der Waals surface area contributed by atoms with Crippen molar-refractivity contribution >= 4 is 23.4 Å². The van der Waals surface area contributed by atoms with Crippen LogP contribution < -0.4 is 4.74 Å². The van der Waals surface area contributed by atoms with Gasteiger partial charge in [-0.2, -0.15) is 0 Å². The molecule has 1 N–H and O–H groups in total. The summed E-state index contributed by atoms with van der Waals surface area (Å²) in [5.41, 5.74) is 3.66. The van der Waals surface area contributed by atoms with Gasteiger partial charge in [0, 0.05) is 18.3 Å². The summed E-state index contributed by atoms with van der Waals surface area (Å²) in [6, 6.07) is 25.9. The molecule has 1 amide bonds. The van der Waals surface area contributed by atoms with Crippen LogP contribution in [0.1, 0.15) is 51.3 Å². The normalized spacial score (nSPS) is 16.0. The van der Waals surface area contributed by atoms with Gasteiger partial charge in [0.15, 0.2) is 0 Å². The lowest BCUT2D eigenvalue weighted by molar-refractivity contribution is -0.140. The van der Waals surface area contributed by atoms with Gasteiger partial charge in [0.2, 0.25) is 0 Å². The molecule has 1 aromatic heterocycles. The smallest absolute Gasteiger partial charge is 0.338 e. The van der Waals surface area contributed by atoms with Gasteiger partial charge in [0.05, 0.1) is 23.4 Å². The minimum atomic E-state index is -0.912. The maximum atomic E-state index is 13.4. The number of aryl methyl sites for hydroxylation is 1. The number of aliphatic hydroxyl groups is 1. The minimum Gasteiger partial charge on any atom is -0.507 e. The van der Waals surface area contributed by atoms with Crippen molar-refractivity contribution in [2.75, 3.05) is 6.61 Å². The van der Waals surface area contributed by atoms with Crippen LogP contribution >= 0.6 is 0 Å². The first-order valence-electron chi connectivity index (χ1n) is 13.6. The van der Waals surface area contributed by atoms with E-state index in [2.05, 4.69) is 4.98 Å². The average molecular weight is 563 g/mol. The molecule has 0 spiro atoms. The van der Waals surface area contributed by atoms with E-state index in [0.717, 1.165) is 11.1 Å². The Balaban J connectivity index is 1.46. The molecule has 3 aromatic carbocycles. The second kappa shape index (κ2) is 12.5. The second-order valence-corrected chi connectivity index (χ2v) is 9.85. The molecule has 212 valence electrons. The highest BCUT2D eigenvalue weighted by Gasteiger charge is 2.46. The van der Waals surface area contributed by atoms with Gasteiger partial charge in [-0.05, 0) is 73.0 Å². The maximum absolute atomic E-state index is 13.4. The lowest BCUT2D eigenvalue weighted by Gasteiger charge is -2.24. The summed E-state index contributed by atoms with van der Waals surface area (Å²) < 4.78 is 11.0. The SMILES string of the molecule is CCOC(=O)c1ccc(CN2C(=O)C(=O)/C(=C(\O)c3ccc(OCc4ccccc4)c(C)c3)C2c2ccccn2)cc1. The summed E-state index contributed by atoms with van der Waals surface area (Å²) in [6.45, 7) is 4.30. The summed E-state index contributed by atoms with van der Waals surface area (Å²) >= 11 is 0. The third-order valence-electron chi connectivity index (χ3n) is 7.01. The lowest BCUT2D eigenvalue weighted by atomic mass is 9.97. The standard InChI is InChI=1S/C34H30N2O6/c1-3-41-34(40)25-14-12-23(13-15-25)20-36-30(27-11-7-8-18-35-27)29(32(38)33(36)39)31(37)26-16-17-28(22(2)19-26)42-21-24-9-5-4-6-10-24/h4-19,30,37H,3,20-21H2,1-2H3/b31-29-. The maximum Gasteiger partial charge on any atom is 0.338 e. The van der Waals surface area contributed by atoms with Gasteiger partial charge in [-0.15, -0.1) is 0 Å². The van der Waals surface area contributed by atoms with Gasteiger partial charge < -0.3 is 19.5 Å². The summed E-state index contributed by atoms with van der Waals surface area (Å²) in [6.07, 6.45) is 1.58. The number of nitrogens with zero attached hydrogens (tertiary/aromatic N) is 2. The number of benzene rings is 3. The Bertz CT molecular complexity index is 1630. The minimum absolute atomic E-state index is 0.0424. The Morgan fingerprint density at radius 1 is 0.905 bits per heavy atom. The fourth-order valence-electron chi connectivity index (χ4n) is 4.90. The van der Waals surface area contributed by atoms with E-state index in [1.807, 2.05) is 37.3 Å². The molecular weight excluding hydrogens is 532 g/mol. The number of likely N-dealkylation sites (tertiary alicyclic amines) is 1. The van der Waals surface area contributed by atoms with E-state index in [1.165, 1.54) is 4.90 Å². The van der Waals surface area contributed by atoms with Crippen LogP contribution in [0.2, 0.25) is 0 Å². The van der Waals surface area contributed by atoms with Crippen molar-refractivity contribution in [3.8, 4) is 5.75 Å². The number of rotatable bonds is 9. The number of hydrogen-bond donors (Lipinski definition) is 1. The molecule has 1 aliphatic heterocycles. The van der Waals surface area contributed by atoms with Gasteiger partial charge >= 0.3 is 5.97 Å².